The highest BCUT2D eigenvalue weighted by Gasteiger charge is 2.24. The number of amides is 2. The first-order valence-electron chi connectivity index (χ1n) is 7.16. The third kappa shape index (κ3) is 3.57. The number of hydrogen-bond acceptors (Lipinski definition) is 2. The minimum Gasteiger partial charge on any atom is -0.324 e. The largest absolute Gasteiger partial charge is 0.324 e. The molecule has 1 saturated heterocycles. The summed E-state index contributed by atoms with van der Waals surface area (Å²) in [5, 5.41) is 8.11. The summed E-state index contributed by atoms with van der Waals surface area (Å²) in [5.41, 5.74) is 2.06. The number of thiophene rings is 1. The predicted molar refractivity (Wildman–Crippen MR) is 93.3 cm³/mol. The molecule has 22 heavy (non-hydrogen) atoms. The monoisotopic (exact) mass is 354 g/mol. The van der Waals surface area contributed by atoms with Crippen LogP contribution in [0, 0.1) is 0 Å². The van der Waals surface area contributed by atoms with Crippen LogP contribution in [0.4, 0.5) is 10.5 Å². The van der Waals surface area contributed by atoms with Gasteiger partial charge in [0.25, 0.3) is 0 Å². The summed E-state index contributed by atoms with van der Waals surface area (Å²) in [6, 6.07) is 7.20. The van der Waals surface area contributed by atoms with Gasteiger partial charge in [-0.25, -0.2) is 4.79 Å². The average molecular weight is 355 g/mol. The third-order valence-electron chi connectivity index (χ3n) is 3.97. The zero-order valence-electron chi connectivity index (χ0n) is 11.9. The molecule has 0 unspecified atom stereocenters. The van der Waals surface area contributed by atoms with Crippen LogP contribution in [0.15, 0.2) is 35.0 Å². The van der Waals surface area contributed by atoms with E-state index >= 15 is 0 Å². The zero-order valence-corrected chi connectivity index (χ0v) is 14.2. The van der Waals surface area contributed by atoms with Crippen LogP contribution >= 0.6 is 34.5 Å². The molecule has 0 aliphatic carbocycles. The molecule has 0 bridgehead atoms. The number of benzene rings is 1. The molecule has 6 heteroatoms. The number of piperidine rings is 1. The van der Waals surface area contributed by atoms with Crippen molar-refractivity contribution >= 4 is 46.3 Å². The Kier molecular flexibility index (Phi) is 4.91. The van der Waals surface area contributed by atoms with E-state index in [9.17, 15) is 4.79 Å². The minimum absolute atomic E-state index is 0.0813. The van der Waals surface area contributed by atoms with Crippen molar-refractivity contribution in [3.63, 3.8) is 0 Å². The minimum atomic E-state index is -0.0813. The third-order valence-corrected chi connectivity index (χ3v) is 5.41. The van der Waals surface area contributed by atoms with Gasteiger partial charge < -0.3 is 10.2 Å². The van der Waals surface area contributed by atoms with Crippen LogP contribution in [0.5, 0.6) is 0 Å². The molecule has 1 aliphatic heterocycles. The van der Waals surface area contributed by atoms with Crippen molar-refractivity contribution in [1.29, 1.82) is 0 Å². The highest BCUT2D eigenvalue weighted by Crippen LogP contribution is 2.30. The van der Waals surface area contributed by atoms with Gasteiger partial charge in [0.05, 0.1) is 10.0 Å². The number of urea groups is 1. The lowest BCUT2D eigenvalue weighted by Gasteiger charge is -2.31. The number of carbonyl (C=O) groups excluding carboxylic acids is 1. The number of nitrogens with one attached hydrogen (secondary N) is 1. The Bertz CT molecular complexity index is 652. The fraction of sp³-hybridized carbons (Fsp3) is 0.312. The Hall–Kier alpha value is -1.23. The fourth-order valence-electron chi connectivity index (χ4n) is 2.70. The standard InChI is InChI=1S/C16H16Cl2N2OS/c17-14-2-1-13(9-15(14)18)19-16(21)20-6-3-11(4-7-20)12-5-8-22-10-12/h1-2,5,8-11H,3-4,6-7H2,(H,19,21). The lowest BCUT2D eigenvalue weighted by Crippen LogP contribution is -2.40. The van der Waals surface area contributed by atoms with Crippen LogP contribution in [-0.4, -0.2) is 24.0 Å². The maximum atomic E-state index is 12.3. The number of halogens is 2. The maximum absolute atomic E-state index is 12.3. The molecule has 2 amide bonds. The summed E-state index contributed by atoms with van der Waals surface area (Å²) in [7, 11) is 0. The normalized spacial score (nSPS) is 15.8. The first-order chi connectivity index (χ1) is 10.6. The summed E-state index contributed by atoms with van der Waals surface area (Å²) < 4.78 is 0. The molecule has 1 N–H and O–H groups in total. The number of hydrogen-bond donors (Lipinski definition) is 1. The molecular formula is C16H16Cl2N2OS. The predicted octanol–water partition coefficient (Wildman–Crippen LogP) is 5.47. The van der Waals surface area contributed by atoms with Crippen molar-refractivity contribution in [3.8, 4) is 0 Å². The van der Waals surface area contributed by atoms with E-state index in [1.165, 1.54) is 5.56 Å². The van der Waals surface area contributed by atoms with Gasteiger partial charge in [-0.1, -0.05) is 23.2 Å². The van der Waals surface area contributed by atoms with Crippen LogP contribution < -0.4 is 5.32 Å². The quantitative estimate of drug-likeness (QED) is 0.762. The van der Waals surface area contributed by atoms with E-state index in [0.717, 1.165) is 25.9 Å². The summed E-state index contributed by atoms with van der Waals surface area (Å²) in [5.74, 6) is 0.570. The number of nitrogens with zero attached hydrogens (tertiary/aromatic N) is 1. The molecule has 1 aromatic carbocycles. The van der Waals surface area contributed by atoms with Gasteiger partial charge in [-0.3, -0.25) is 0 Å². The topological polar surface area (TPSA) is 32.3 Å². The van der Waals surface area contributed by atoms with Gasteiger partial charge in [-0.2, -0.15) is 11.3 Å². The van der Waals surface area contributed by atoms with E-state index in [-0.39, 0.29) is 6.03 Å². The second-order valence-electron chi connectivity index (χ2n) is 5.38. The average Bonchev–Trinajstić information content (AvgIpc) is 3.05. The van der Waals surface area contributed by atoms with Crippen LogP contribution in [0.2, 0.25) is 10.0 Å². The van der Waals surface area contributed by atoms with Crippen LogP contribution in [-0.2, 0) is 0 Å². The Morgan fingerprint density at radius 2 is 1.95 bits per heavy atom. The lowest BCUT2D eigenvalue weighted by molar-refractivity contribution is 0.194. The Morgan fingerprint density at radius 1 is 1.18 bits per heavy atom. The summed E-state index contributed by atoms with van der Waals surface area (Å²) >= 11 is 13.6. The molecule has 1 aliphatic rings. The van der Waals surface area contributed by atoms with E-state index < -0.39 is 0 Å². The van der Waals surface area contributed by atoms with Crippen molar-refractivity contribution in [2.45, 2.75) is 18.8 Å². The molecule has 2 heterocycles. The zero-order chi connectivity index (χ0) is 15.5. The Labute approximate surface area is 143 Å². The molecular weight excluding hydrogens is 339 g/mol. The molecule has 1 aromatic heterocycles. The van der Waals surface area contributed by atoms with Crippen molar-refractivity contribution in [3.05, 3.63) is 50.6 Å². The van der Waals surface area contributed by atoms with E-state index in [4.69, 9.17) is 23.2 Å². The first-order valence-corrected chi connectivity index (χ1v) is 8.86. The Morgan fingerprint density at radius 3 is 2.59 bits per heavy atom. The van der Waals surface area contributed by atoms with Crippen LogP contribution in [0.25, 0.3) is 0 Å². The van der Waals surface area contributed by atoms with Crippen molar-refractivity contribution < 1.29 is 4.79 Å². The maximum Gasteiger partial charge on any atom is 0.321 e. The highest BCUT2D eigenvalue weighted by atomic mass is 35.5. The van der Waals surface area contributed by atoms with Gasteiger partial charge >= 0.3 is 6.03 Å². The first kappa shape index (κ1) is 15.7. The summed E-state index contributed by atoms with van der Waals surface area (Å²) in [6.07, 6.45) is 2.01. The van der Waals surface area contributed by atoms with Crippen molar-refractivity contribution in [2.24, 2.45) is 0 Å². The molecule has 0 atom stereocenters. The van der Waals surface area contributed by atoms with Gasteiger partial charge in [0, 0.05) is 18.8 Å². The van der Waals surface area contributed by atoms with Crippen molar-refractivity contribution in [2.75, 3.05) is 18.4 Å². The highest BCUT2D eigenvalue weighted by molar-refractivity contribution is 7.08. The Balaban J connectivity index is 1.56. The molecule has 3 rings (SSSR count). The lowest BCUT2D eigenvalue weighted by atomic mass is 9.91. The number of anilines is 1. The van der Waals surface area contributed by atoms with Gasteiger partial charge in [0.2, 0.25) is 0 Å². The van der Waals surface area contributed by atoms with Crippen LogP contribution in [0.1, 0.15) is 24.3 Å². The van der Waals surface area contributed by atoms with E-state index in [1.54, 1.807) is 29.5 Å². The number of rotatable bonds is 2. The molecule has 3 nitrogen and oxygen atoms in total. The van der Waals surface area contributed by atoms with Gasteiger partial charge in [0.1, 0.15) is 0 Å². The van der Waals surface area contributed by atoms with E-state index in [0.29, 0.717) is 21.7 Å². The second-order valence-corrected chi connectivity index (χ2v) is 6.97. The van der Waals surface area contributed by atoms with E-state index in [2.05, 4.69) is 22.1 Å². The molecule has 116 valence electrons. The molecule has 1 fully saturated rings. The number of likely N-dealkylation sites (tertiary alicyclic amines) is 1. The molecule has 0 spiro atoms. The number of carbonyl (C=O) groups is 1. The molecule has 2 aromatic rings. The fourth-order valence-corrected chi connectivity index (χ4v) is 3.74. The molecule has 0 saturated carbocycles. The van der Waals surface area contributed by atoms with Crippen molar-refractivity contribution in [1.82, 2.24) is 4.90 Å². The second kappa shape index (κ2) is 6.90. The van der Waals surface area contributed by atoms with E-state index in [1.807, 2.05) is 4.90 Å². The van der Waals surface area contributed by atoms with Crippen LogP contribution in [0.3, 0.4) is 0 Å². The smallest absolute Gasteiger partial charge is 0.321 e. The van der Waals surface area contributed by atoms with Gasteiger partial charge in [-0.15, -0.1) is 0 Å². The summed E-state index contributed by atoms with van der Waals surface area (Å²) in [6.45, 7) is 1.54. The summed E-state index contributed by atoms with van der Waals surface area (Å²) in [4.78, 5) is 14.2. The molecule has 0 radical (unpaired) electrons. The SMILES string of the molecule is O=C(Nc1ccc(Cl)c(Cl)c1)N1CCC(c2ccsc2)CC1. The van der Waals surface area contributed by atoms with Gasteiger partial charge in [0.15, 0.2) is 0 Å². The van der Waals surface area contributed by atoms with Gasteiger partial charge in [-0.05, 0) is 59.3 Å².